The Morgan fingerprint density at radius 2 is 2.10 bits per heavy atom. The maximum Gasteiger partial charge on any atom is 0.408 e. The van der Waals surface area contributed by atoms with Crippen LogP contribution in [0.15, 0.2) is 29.4 Å². The van der Waals surface area contributed by atoms with Crippen molar-refractivity contribution in [3.63, 3.8) is 0 Å². The standard InChI is InChI=1S/C11H8F3N3O3/c12-11(13,14)6-16-10(18)5-9(15-16)7-2-1-3-8(4-7)17(19)20/h1-4H,5-6H2. The number of nitro benzene ring substituents is 1. The minimum absolute atomic E-state index is 0.0861. The van der Waals surface area contributed by atoms with Crippen LogP contribution in [0.4, 0.5) is 18.9 Å². The normalized spacial score (nSPS) is 15.4. The van der Waals surface area contributed by atoms with E-state index in [0.29, 0.717) is 5.01 Å². The summed E-state index contributed by atoms with van der Waals surface area (Å²) in [6.07, 6.45) is -4.85. The molecule has 106 valence electrons. The van der Waals surface area contributed by atoms with Crippen molar-refractivity contribution in [1.29, 1.82) is 0 Å². The average Bonchev–Trinajstić information content (AvgIpc) is 2.69. The number of carbonyl (C=O) groups excluding carboxylic acids is 1. The van der Waals surface area contributed by atoms with E-state index in [0.717, 1.165) is 0 Å². The molecule has 0 aromatic heterocycles. The second-order valence-electron chi connectivity index (χ2n) is 4.10. The Morgan fingerprint density at radius 1 is 1.40 bits per heavy atom. The molecule has 0 unspecified atom stereocenters. The average molecular weight is 287 g/mol. The van der Waals surface area contributed by atoms with Crippen molar-refractivity contribution >= 4 is 17.3 Å². The number of alkyl halides is 3. The number of benzene rings is 1. The van der Waals surface area contributed by atoms with Crippen molar-refractivity contribution in [1.82, 2.24) is 5.01 Å². The molecular weight excluding hydrogens is 279 g/mol. The Morgan fingerprint density at radius 3 is 2.70 bits per heavy atom. The molecule has 1 heterocycles. The molecule has 0 saturated carbocycles. The van der Waals surface area contributed by atoms with Crippen LogP contribution in [0.25, 0.3) is 0 Å². The number of amides is 1. The lowest BCUT2D eigenvalue weighted by molar-refractivity contribution is -0.384. The van der Waals surface area contributed by atoms with Gasteiger partial charge in [0.25, 0.3) is 5.69 Å². The largest absolute Gasteiger partial charge is 0.408 e. The van der Waals surface area contributed by atoms with Gasteiger partial charge in [-0.05, 0) is 0 Å². The number of halogens is 3. The van der Waals surface area contributed by atoms with Crippen LogP contribution in [0.1, 0.15) is 12.0 Å². The Kier molecular flexibility index (Phi) is 3.43. The molecule has 0 spiro atoms. The van der Waals surface area contributed by atoms with Gasteiger partial charge in [-0.15, -0.1) is 0 Å². The SMILES string of the molecule is O=C1CC(c2cccc([N+](=O)[O-])c2)=NN1CC(F)(F)F. The Hall–Kier alpha value is -2.45. The first-order valence-corrected chi connectivity index (χ1v) is 5.46. The minimum atomic E-state index is -4.54. The summed E-state index contributed by atoms with van der Waals surface area (Å²) < 4.78 is 36.7. The highest BCUT2D eigenvalue weighted by Gasteiger charge is 2.36. The predicted octanol–water partition coefficient (Wildman–Crippen LogP) is 2.09. The topological polar surface area (TPSA) is 75.8 Å². The smallest absolute Gasteiger partial charge is 0.273 e. The molecule has 0 saturated heterocycles. The second-order valence-corrected chi connectivity index (χ2v) is 4.10. The summed E-state index contributed by atoms with van der Waals surface area (Å²) in [5.41, 5.74) is 0.132. The van der Waals surface area contributed by atoms with Gasteiger partial charge in [0, 0.05) is 17.7 Å². The highest BCUT2D eigenvalue weighted by Crippen LogP contribution is 2.23. The monoisotopic (exact) mass is 287 g/mol. The molecular formula is C11H8F3N3O3. The molecule has 0 N–H and O–H groups in total. The van der Waals surface area contributed by atoms with Gasteiger partial charge >= 0.3 is 6.18 Å². The predicted molar refractivity (Wildman–Crippen MR) is 62.0 cm³/mol. The Bertz CT molecular complexity index is 598. The molecule has 0 radical (unpaired) electrons. The van der Waals surface area contributed by atoms with Crippen LogP contribution < -0.4 is 0 Å². The molecule has 9 heteroatoms. The zero-order chi connectivity index (χ0) is 14.9. The summed E-state index contributed by atoms with van der Waals surface area (Å²) >= 11 is 0. The molecule has 1 aromatic rings. The van der Waals surface area contributed by atoms with Crippen molar-refractivity contribution in [3.8, 4) is 0 Å². The van der Waals surface area contributed by atoms with Crippen molar-refractivity contribution in [2.75, 3.05) is 6.54 Å². The van der Waals surface area contributed by atoms with E-state index in [-0.39, 0.29) is 23.4 Å². The van der Waals surface area contributed by atoms with Crippen molar-refractivity contribution < 1.29 is 22.9 Å². The van der Waals surface area contributed by atoms with Crippen molar-refractivity contribution in [2.45, 2.75) is 12.6 Å². The molecule has 1 aliphatic heterocycles. The van der Waals surface area contributed by atoms with Gasteiger partial charge in [-0.2, -0.15) is 18.3 Å². The summed E-state index contributed by atoms with van der Waals surface area (Å²) in [6.45, 7) is -1.47. The van der Waals surface area contributed by atoms with Crippen LogP contribution in [0.5, 0.6) is 0 Å². The number of nitrogens with zero attached hydrogens (tertiary/aromatic N) is 3. The number of non-ortho nitro benzene ring substituents is 1. The van der Waals surface area contributed by atoms with E-state index in [4.69, 9.17) is 0 Å². The zero-order valence-corrected chi connectivity index (χ0v) is 9.92. The lowest BCUT2D eigenvalue weighted by Crippen LogP contribution is -2.32. The van der Waals surface area contributed by atoms with Crippen LogP contribution >= 0.6 is 0 Å². The third-order valence-corrected chi connectivity index (χ3v) is 2.57. The summed E-state index contributed by atoms with van der Waals surface area (Å²) in [4.78, 5) is 21.4. The van der Waals surface area contributed by atoms with Gasteiger partial charge in [-0.3, -0.25) is 14.9 Å². The number of hydrazone groups is 1. The van der Waals surface area contributed by atoms with Gasteiger partial charge in [0.15, 0.2) is 0 Å². The van der Waals surface area contributed by atoms with E-state index in [2.05, 4.69) is 5.10 Å². The fraction of sp³-hybridized carbons (Fsp3) is 0.273. The first kappa shape index (κ1) is 14.0. The van der Waals surface area contributed by atoms with E-state index in [1.54, 1.807) is 0 Å². The number of hydrogen-bond donors (Lipinski definition) is 0. The summed E-state index contributed by atoms with van der Waals surface area (Å²) in [7, 11) is 0. The van der Waals surface area contributed by atoms with E-state index in [1.165, 1.54) is 24.3 Å². The van der Waals surface area contributed by atoms with Gasteiger partial charge < -0.3 is 0 Å². The third-order valence-electron chi connectivity index (χ3n) is 2.57. The molecule has 1 amide bonds. The highest BCUT2D eigenvalue weighted by atomic mass is 19.4. The van der Waals surface area contributed by atoms with Crippen molar-refractivity contribution in [2.24, 2.45) is 5.10 Å². The number of nitro groups is 1. The first-order chi connectivity index (χ1) is 9.26. The van der Waals surface area contributed by atoms with E-state index < -0.39 is 23.6 Å². The third kappa shape index (κ3) is 3.11. The Balaban J connectivity index is 2.26. The lowest BCUT2D eigenvalue weighted by Gasteiger charge is -2.13. The fourth-order valence-corrected chi connectivity index (χ4v) is 1.72. The molecule has 0 aliphatic carbocycles. The Labute approximate surface area is 110 Å². The van der Waals surface area contributed by atoms with Gasteiger partial charge in [-0.1, -0.05) is 12.1 Å². The highest BCUT2D eigenvalue weighted by molar-refractivity contribution is 6.13. The van der Waals surface area contributed by atoms with Crippen LogP contribution in [0.2, 0.25) is 0 Å². The van der Waals surface area contributed by atoms with Crippen molar-refractivity contribution in [3.05, 3.63) is 39.9 Å². The lowest BCUT2D eigenvalue weighted by atomic mass is 10.1. The molecule has 1 aromatic carbocycles. The quantitative estimate of drug-likeness (QED) is 0.631. The molecule has 0 atom stereocenters. The summed E-state index contributed by atoms with van der Waals surface area (Å²) in [5.74, 6) is -0.788. The van der Waals surface area contributed by atoms with E-state index in [1.807, 2.05) is 0 Å². The minimum Gasteiger partial charge on any atom is -0.273 e. The number of hydrogen-bond acceptors (Lipinski definition) is 4. The molecule has 20 heavy (non-hydrogen) atoms. The van der Waals surface area contributed by atoms with Crippen LogP contribution in [0.3, 0.4) is 0 Å². The van der Waals surface area contributed by atoms with Gasteiger partial charge in [0.1, 0.15) is 6.54 Å². The number of carbonyl (C=O) groups is 1. The van der Waals surface area contributed by atoms with E-state index >= 15 is 0 Å². The zero-order valence-electron chi connectivity index (χ0n) is 9.92. The molecule has 6 nitrogen and oxygen atoms in total. The van der Waals surface area contributed by atoms with Gasteiger partial charge in [-0.25, -0.2) is 5.01 Å². The molecule has 1 aliphatic rings. The first-order valence-electron chi connectivity index (χ1n) is 5.46. The number of rotatable bonds is 3. The van der Waals surface area contributed by atoms with Gasteiger partial charge in [0.2, 0.25) is 5.91 Å². The fourth-order valence-electron chi connectivity index (χ4n) is 1.72. The van der Waals surface area contributed by atoms with Crippen LogP contribution in [-0.2, 0) is 4.79 Å². The summed E-state index contributed by atoms with van der Waals surface area (Å²) in [5, 5.41) is 14.5. The maximum absolute atomic E-state index is 12.2. The second kappa shape index (κ2) is 4.91. The van der Waals surface area contributed by atoms with E-state index in [9.17, 15) is 28.1 Å². The molecule has 0 fully saturated rings. The molecule has 0 bridgehead atoms. The maximum atomic E-state index is 12.2. The molecule has 2 rings (SSSR count). The summed E-state index contributed by atoms with van der Waals surface area (Å²) in [6, 6.07) is 5.25. The van der Waals surface area contributed by atoms with Crippen LogP contribution in [-0.4, -0.2) is 34.3 Å². The van der Waals surface area contributed by atoms with Gasteiger partial charge in [0.05, 0.1) is 17.1 Å². The van der Waals surface area contributed by atoms with Crippen LogP contribution in [0, 0.1) is 10.1 Å².